The number of anilines is 1. The molecule has 0 spiro atoms. The molecule has 20 heavy (non-hydrogen) atoms. The number of thiazole rings is 1. The number of nitrogens with two attached hydrogens (primary N) is 1. The molecular weight excluding hydrogens is 274 g/mol. The third-order valence-corrected chi connectivity index (χ3v) is 4.47. The predicted octanol–water partition coefficient (Wildman–Crippen LogP) is 2.99. The van der Waals surface area contributed by atoms with Crippen molar-refractivity contribution in [3.05, 3.63) is 28.8 Å². The van der Waals surface area contributed by atoms with Crippen molar-refractivity contribution in [3.8, 4) is 22.8 Å². The lowest BCUT2D eigenvalue weighted by Crippen LogP contribution is -1.96. The first-order valence-electron chi connectivity index (χ1n) is 6.29. The van der Waals surface area contributed by atoms with Crippen LogP contribution in [0.3, 0.4) is 0 Å². The van der Waals surface area contributed by atoms with E-state index in [1.54, 1.807) is 11.3 Å². The van der Waals surface area contributed by atoms with Crippen LogP contribution in [0.4, 0.5) is 5.82 Å². The van der Waals surface area contributed by atoms with Crippen LogP contribution in [0.25, 0.3) is 16.2 Å². The van der Waals surface area contributed by atoms with Crippen molar-refractivity contribution in [2.45, 2.75) is 13.8 Å². The van der Waals surface area contributed by atoms with Gasteiger partial charge in [-0.15, -0.1) is 11.3 Å². The Labute approximate surface area is 119 Å². The normalized spacial score (nSPS) is 13.3. The molecule has 102 valence electrons. The van der Waals surface area contributed by atoms with Crippen LogP contribution in [0.5, 0.6) is 11.5 Å². The summed E-state index contributed by atoms with van der Waals surface area (Å²) in [6, 6.07) is 5.95. The summed E-state index contributed by atoms with van der Waals surface area (Å²) in [6.45, 7) is 4.28. The highest BCUT2D eigenvalue weighted by molar-refractivity contribution is 7.17. The lowest BCUT2D eigenvalue weighted by molar-refractivity contribution is 0.174. The van der Waals surface area contributed by atoms with Gasteiger partial charge in [-0.25, -0.2) is 4.98 Å². The van der Waals surface area contributed by atoms with E-state index in [4.69, 9.17) is 15.2 Å². The van der Waals surface area contributed by atoms with E-state index in [1.165, 1.54) is 4.88 Å². The summed E-state index contributed by atoms with van der Waals surface area (Å²) in [6.07, 6.45) is 0. The van der Waals surface area contributed by atoms with Gasteiger partial charge in [0.05, 0.1) is 11.4 Å². The zero-order valence-corrected chi connectivity index (χ0v) is 12.0. The molecule has 0 atom stereocenters. The largest absolute Gasteiger partial charge is 0.454 e. The first kappa shape index (κ1) is 11.6. The minimum atomic E-state index is 0.281. The predicted molar refractivity (Wildman–Crippen MR) is 78.5 cm³/mol. The molecular formula is C14H13N3O2S. The number of hydrogen-bond donors (Lipinski definition) is 1. The smallest absolute Gasteiger partial charge is 0.231 e. The minimum Gasteiger partial charge on any atom is -0.454 e. The van der Waals surface area contributed by atoms with Gasteiger partial charge in [0.15, 0.2) is 16.5 Å². The van der Waals surface area contributed by atoms with E-state index in [1.807, 2.05) is 29.5 Å². The van der Waals surface area contributed by atoms with Gasteiger partial charge in [0.2, 0.25) is 6.79 Å². The highest BCUT2D eigenvalue weighted by atomic mass is 32.1. The first-order chi connectivity index (χ1) is 9.65. The van der Waals surface area contributed by atoms with E-state index in [2.05, 4.69) is 11.9 Å². The Kier molecular flexibility index (Phi) is 2.26. The Balaban J connectivity index is 2.00. The maximum absolute atomic E-state index is 6.15. The molecule has 0 unspecified atom stereocenters. The molecule has 0 fully saturated rings. The van der Waals surface area contributed by atoms with Crippen molar-refractivity contribution >= 4 is 22.1 Å². The lowest BCUT2D eigenvalue weighted by atomic mass is 10.1. The van der Waals surface area contributed by atoms with Gasteiger partial charge in [0, 0.05) is 10.4 Å². The topological polar surface area (TPSA) is 61.8 Å². The number of imidazole rings is 1. The van der Waals surface area contributed by atoms with Crippen molar-refractivity contribution in [1.29, 1.82) is 0 Å². The third kappa shape index (κ3) is 1.45. The Morgan fingerprint density at radius 3 is 2.90 bits per heavy atom. The lowest BCUT2D eigenvalue weighted by Gasteiger charge is -2.05. The van der Waals surface area contributed by atoms with Gasteiger partial charge in [0.25, 0.3) is 0 Å². The van der Waals surface area contributed by atoms with Crippen LogP contribution >= 0.6 is 11.3 Å². The van der Waals surface area contributed by atoms with E-state index >= 15 is 0 Å². The van der Waals surface area contributed by atoms with Crippen LogP contribution in [0.1, 0.15) is 10.6 Å². The molecule has 0 radical (unpaired) electrons. The number of nitrogens with zero attached hydrogens (tertiary/aromatic N) is 2. The van der Waals surface area contributed by atoms with E-state index in [0.29, 0.717) is 5.82 Å². The van der Waals surface area contributed by atoms with E-state index in [0.717, 1.165) is 33.4 Å². The number of fused-ring (bicyclic) bond motifs is 2. The van der Waals surface area contributed by atoms with Gasteiger partial charge in [-0.2, -0.15) is 0 Å². The highest BCUT2D eigenvalue weighted by Crippen LogP contribution is 2.39. The van der Waals surface area contributed by atoms with E-state index in [-0.39, 0.29) is 6.79 Å². The zero-order chi connectivity index (χ0) is 13.9. The average molecular weight is 287 g/mol. The average Bonchev–Trinajstić information content (AvgIpc) is 3.06. The van der Waals surface area contributed by atoms with Crippen LogP contribution in [0, 0.1) is 13.8 Å². The fourth-order valence-electron chi connectivity index (χ4n) is 2.52. The van der Waals surface area contributed by atoms with Gasteiger partial charge in [-0.3, -0.25) is 4.40 Å². The number of hydrogen-bond acceptors (Lipinski definition) is 5. The molecule has 0 amide bonds. The Hall–Kier alpha value is -2.21. The minimum absolute atomic E-state index is 0.281. The summed E-state index contributed by atoms with van der Waals surface area (Å²) in [5.41, 5.74) is 9.14. The number of aryl methyl sites for hydroxylation is 2. The van der Waals surface area contributed by atoms with Crippen LogP contribution in [0.2, 0.25) is 0 Å². The molecule has 2 N–H and O–H groups in total. The van der Waals surface area contributed by atoms with Crippen LogP contribution < -0.4 is 15.2 Å². The fraction of sp³-hybridized carbons (Fsp3) is 0.214. The zero-order valence-electron chi connectivity index (χ0n) is 11.1. The second-order valence-electron chi connectivity index (χ2n) is 4.78. The summed E-state index contributed by atoms with van der Waals surface area (Å²) in [4.78, 5) is 6.59. The summed E-state index contributed by atoms with van der Waals surface area (Å²) in [7, 11) is 0. The second-order valence-corrected chi connectivity index (χ2v) is 5.96. The summed E-state index contributed by atoms with van der Waals surface area (Å²) >= 11 is 1.64. The van der Waals surface area contributed by atoms with E-state index in [9.17, 15) is 0 Å². The Morgan fingerprint density at radius 2 is 2.05 bits per heavy atom. The molecule has 2 aromatic heterocycles. The molecule has 0 bridgehead atoms. The maximum atomic E-state index is 6.15. The number of rotatable bonds is 1. The van der Waals surface area contributed by atoms with Gasteiger partial charge < -0.3 is 15.2 Å². The van der Waals surface area contributed by atoms with Crippen molar-refractivity contribution in [3.63, 3.8) is 0 Å². The monoisotopic (exact) mass is 287 g/mol. The van der Waals surface area contributed by atoms with Gasteiger partial charge in [0.1, 0.15) is 5.82 Å². The summed E-state index contributed by atoms with van der Waals surface area (Å²) in [5.74, 6) is 2.25. The maximum Gasteiger partial charge on any atom is 0.231 e. The molecule has 0 aliphatic carbocycles. The summed E-state index contributed by atoms with van der Waals surface area (Å²) in [5, 5.41) is 0. The molecule has 3 aromatic rings. The highest BCUT2D eigenvalue weighted by Gasteiger charge is 2.19. The Morgan fingerprint density at radius 1 is 1.25 bits per heavy atom. The molecule has 0 saturated heterocycles. The van der Waals surface area contributed by atoms with Crippen LogP contribution in [-0.2, 0) is 0 Å². The molecule has 1 aliphatic rings. The Bertz CT molecular complexity index is 835. The second kappa shape index (κ2) is 3.89. The quantitative estimate of drug-likeness (QED) is 0.747. The molecule has 5 nitrogen and oxygen atoms in total. The molecule has 1 aromatic carbocycles. The molecule has 6 heteroatoms. The number of benzene rings is 1. The van der Waals surface area contributed by atoms with Gasteiger partial charge in [-0.05, 0) is 32.0 Å². The molecule has 4 rings (SSSR count). The van der Waals surface area contributed by atoms with Crippen molar-refractivity contribution in [2.24, 2.45) is 0 Å². The molecule has 3 heterocycles. The molecule has 1 aliphatic heterocycles. The number of ether oxygens (including phenoxy) is 2. The summed E-state index contributed by atoms with van der Waals surface area (Å²) < 4.78 is 12.8. The third-order valence-electron chi connectivity index (χ3n) is 3.51. The fourth-order valence-corrected chi connectivity index (χ4v) is 3.56. The van der Waals surface area contributed by atoms with E-state index < -0.39 is 0 Å². The first-order valence-corrected chi connectivity index (χ1v) is 7.11. The van der Waals surface area contributed by atoms with Gasteiger partial charge >= 0.3 is 0 Å². The SMILES string of the molecule is Cc1nc2sc(C)c(-c3ccc4c(c3)OCO4)n2c1N. The standard InChI is InChI=1S/C14H13N3O2S/c1-7-13(15)17-12(8(2)20-14(17)16-7)9-3-4-10-11(5-9)19-6-18-10/h3-5H,6,15H2,1-2H3. The number of nitrogen functional groups attached to an aromatic ring is 1. The van der Waals surface area contributed by atoms with Crippen molar-refractivity contribution in [1.82, 2.24) is 9.38 Å². The van der Waals surface area contributed by atoms with Crippen LogP contribution in [0.15, 0.2) is 18.2 Å². The van der Waals surface area contributed by atoms with Crippen LogP contribution in [-0.4, -0.2) is 16.2 Å². The molecule has 0 saturated carbocycles. The van der Waals surface area contributed by atoms with Crippen molar-refractivity contribution in [2.75, 3.05) is 12.5 Å². The number of aromatic nitrogens is 2. The van der Waals surface area contributed by atoms with Gasteiger partial charge in [-0.1, -0.05) is 0 Å². The van der Waals surface area contributed by atoms with Crippen molar-refractivity contribution < 1.29 is 9.47 Å².